The van der Waals surface area contributed by atoms with Gasteiger partial charge in [-0.1, -0.05) is 0 Å². The standard InChI is InChI=1S/C15H18N2/c1-10-8-12-11-4-2-3-5-14(11)17-7-6-16-13(9-10)15(12)17/h8-9,16H,2-7H2,1H3. The van der Waals surface area contributed by atoms with Crippen LogP contribution in [0.5, 0.6) is 0 Å². The van der Waals surface area contributed by atoms with Gasteiger partial charge in [-0.3, -0.25) is 0 Å². The predicted octanol–water partition coefficient (Wildman–Crippen LogP) is 3.25. The minimum Gasteiger partial charge on any atom is -0.382 e. The van der Waals surface area contributed by atoms with E-state index in [9.17, 15) is 0 Å². The van der Waals surface area contributed by atoms with Crippen molar-refractivity contribution in [1.82, 2.24) is 4.57 Å². The largest absolute Gasteiger partial charge is 0.382 e. The first-order valence-electron chi connectivity index (χ1n) is 6.73. The number of aromatic nitrogens is 1. The van der Waals surface area contributed by atoms with Crippen LogP contribution in [0.25, 0.3) is 10.9 Å². The van der Waals surface area contributed by atoms with Gasteiger partial charge in [0.15, 0.2) is 0 Å². The van der Waals surface area contributed by atoms with Crippen LogP contribution in [0.2, 0.25) is 0 Å². The number of fused-ring (bicyclic) bond motifs is 3. The zero-order chi connectivity index (χ0) is 11.4. The quantitative estimate of drug-likeness (QED) is 0.729. The molecule has 0 amide bonds. The molecule has 2 heteroatoms. The molecule has 0 atom stereocenters. The third-order valence-corrected chi connectivity index (χ3v) is 4.26. The number of hydrogen-bond acceptors (Lipinski definition) is 1. The minimum absolute atomic E-state index is 1.08. The number of benzene rings is 1. The molecule has 1 aliphatic carbocycles. The van der Waals surface area contributed by atoms with Crippen molar-refractivity contribution in [3.8, 4) is 0 Å². The Labute approximate surface area is 102 Å². The molecule has 1 aromatic carbocycles. The van der Waals surface area contributed by atoms with Gasteiger partial charge in [0, 0.05) is 24.2 Å². The minimum atomic E-state index is 1.08. The first-order chi connectivity index (χ1) is 8.34. The molecule has 88 valence electrons. The number of nitrogens with zero attached hydrogens (tertiary/aromatic N) is 1. The van der Waals surface area contributed by atoms with E-state index in [-0.39, 0.29) is 0 Å². The summed E-state index contributed by atoms with van der Waals surface area (Å²) in [7, 11) is 0. The van der Waals surface area contributed by atoms with Crippen molar-refractivity contribution >= 4 is 16.6 Å². The fourth-order valence-corrected chi connectivity index (χ4v) is 3.60. The first-order valence-corrected chi connectivity index (χ1v) is 6.73. The molecule has 0 fully saturated rings. The SMILES string of the molecule is Cc1cc2c3c(c1)c1c(n3CCN2)CCCC1. The topological polar surface area (TPSA) is 17.0 Å². The highest BCUT2D eigenvalue weighted by Crippen LogP contribution is 2.38. The molecule has 0 bridgehead atoms. The predicted molar refractivity (Wildman–Crippen MR) is 71.8 cm³/mol. The highest BCUT2D eigenvalue weighted by molar-refractivity contribution is 5.96. The number of anilines is 1. The van der Waals surface area contributed by atoms with Crippen LogP contribution in [0.15, 0.2) is 12.1 Å². The molecular formula is C15H18N2. The van der Waals surface area contributed by atoms with Gasteiger partial charge in [0.25, 0.3) is 0 Å². The fourth-order valence-electron chi connectivity index (χ4n) is 3.60. The van der Waals surface area contributed by atoms with Gasteiger partial charge in [-0.25, -0.2) is 0 Å². The Kier molecular flexibility index (Phi) is 1.85. The van der Waals surface area contributed by atoms with Crippen LogP contribution in [0, 0.1) is 6.92 Å². The molecule has 2 nitrogen and oxygen atoms in total. The Hall–Kier alpha value is -1.44. The number of hydrogen-bond donors (Lipinski definition) is 1. The molecule has 0 spiro atoms. The van der Waals surface area contributed by atoms with Gasteiger partial charge in [0.1, 0.15) is 0 Å². The van der Waals surface area contributed by atoms with Crippen molar-refractivity contribution in [3.05, 3.63) is 29.0 Å². The Morgan fingerprint density at radius 3 is 3.00 bits per heavy atom. The molecule has 0 saturated heterocycles. The highest BCUT2D eigenvalue weighted by atomic mass is 15.1. The lowest BCUT2D eigenvalue weighted by molar-refractivity contribution is 0.618. The molecule has 1 aliphatic heterocycles. The van der Waals surface area contributed by atoms with Crippen molar-refractivity contribution in [3.63, 3.8) is 0 Å². The first kappa shape index (κ1) is 9.58. The summed E-state index contributed by atoms with van der Waals surface area (Å²) < 4.78 is 2.58. The summed E-state index contributed by atoms with van der Waals surface area (Å²) in [5.41, 5.74) is 7.46. The lowest BCUT2D eigenvalue weighted by atomic mass is 9.95. The summed E-state index contributed by atoms with van der Waals surface area (Å²) in [4.78, 5) is 0. The number of nitrogens with one attached hydrogen (secondary N) is 1. The van der Waals surface area contributed by atoms with E-state index >= 15 is 0 Å². The Bertz CT molecular complexity index is 607. The van der Waals surface area contributed by atoms with Gasteiger partial charge in [-0.2, -0.15) is 0 Å². The van der Waals surface area contributed by atoms with E-state index < -0.39 is 0 Å². The highest BCUT2D eigenvalue weighted by Gasteiger charge is 2.23. The fraction of sp³-hybridized carbons (Fsp3) is 0.467. The van der Waals surface area contributed by atoms with Crippen LogP contribution in [0.1, 0.15) is 29.7 Å². The average Bonchev–Trinajstić information content (AvgIpc) is 2.67. The summed E-state index contributed by atoms with van der Waals surface area (Å²) in [6, 6.07) is 4.68. The van der Waals surface area contributed by atoms with Gasteiger partial charge in [0.05, 0.1) is 11.2 Å². The van der Waals surface area contributed by atoms with E-state index in [0.29, 0.717) is 0 Å². The molecule has 17 heavy (non-hydrogen) atoms. The summed E-state index contributed by atoms with van der Waals surface area (Å²) in [6.07, 6.45) is 5.29. The summed E-state index contributed by atoms with van der Waals surface area (Å²) >= 11 is 0. The lowest BCUT2D eigenvalue weighted by Crippen LogP contribution is -2.19. The molecule has 2 heterocycles. The van der Waals surface area contributed by atoms with Gasteiger partial charge >= 0.3 is 0 Å². The van der Waals surface area contributed by atoms with Crippen LogP contribution in [0.4, 0.5) is 5.69 Å². The molecular weight excluding hydrogens is 208 g/mol. The second-order valence-corrected chi connectivity index (χ2v) is 5.42. The third-order valence-electron chi connectivity index (χ3n) is 4.26. The summed E-state index contributed by atoms with van der Waals surface area (Å²) in [5.74, 6) is 0. The zero-order valence-electron chi connectivity index (χ0n) is 10.3. The Morgan fingerprint density at radius 2 is 2.06 bits per heavy atom. The Morgan fingerprint density at radius 1 is 1.18 bits per heavy atom. The maximum Gasteiger partial charge on any atom is 0.0721 e. The molecule has 0 saturated carbocycles. The van der Waals surface area contributed by atoms with Gasteiger partial charge < -0.3 is 9.88 Å². The number of rotatable bonds is 0. The van der Waals surface area contributed by atoms with E-state index in [4.69, 9.17) is 0 Å². The molecule has 4 rings (SSSR count). The van der Waals surface area contributed by atoms with Gasteiger partial charge in [-0.05, 0) is 55.9 Å². The van der Waals surface area contributed by atoms with Crippen molar-refractivity contribution < 1.29 is 0 Å². The second kappa shape index (κ2) is 3.28. The van der Waals surface area contributed by atoms with Crippen molar-refractivity contribution in [2.24, 2.45) is 0 Å². The summed E-state index contributed by atoms with van der Waals surface area (Å²) in [5, 5.41) is 5.07. The monoisotopic (exact) mass is 226 g/mol. The van der Waals surface area contributed by atoms with Crippen LogP contribution >= 0.6 is 0 Å². The molecule has 2 aliphatic rings. The average molecular weight is 226 g/mol. The molecule has 0 unspecified atom stereocenters. The van der Waals surface area contributed by atoms with Crippen LogP contribution in [-0.4, -0.2) is 11.1 Å². The van der Waals surface area contributed by atoms with E-state index in [1.165, 1.54) is 47.8 Å². The molecule has 1 aromatic heterocycles. The van der Waals surface area contributed by atoms with Crippen LogP contribution in [-0.2, 0) is 19.4 Å². The van der Waals surface area contributed by atoms with E-state index in [1.807, 2.05) is 0 Å². The molecule has 0 radical (unpaired) electrons. The van der Waals surface area contributed by atoms with E-state index in [0.717, 1.165) is 13.1 Å². The smallest absolute Gasteiger partial charge is 0.0721 e. The maximum atomic E-state index is 3.56. The normalized spacial score (nSPS) is 17.9. The third kappa shape index (κ3) is 1.21. The summed E-state index contributed by atoms with van der Waals surface area (Å²) in [6.45, 7) is 4.42. The maximum absolute atomic E-state index is 3.56. The van der Waals surface area contributed by atoms with E-state index in [2.05, 4.69) is 28.9 Å². The van der Waals surface area contributed by atoms with Crippen molar-refractivity contribution in [2.45, 2.75) is 39.2 Å². The van der Waals surface area contributed by atoms with Gasteiger partial charge in [-0.15, -0.1) is 0 Å². The second-order valence-electron chi connectivity index (χ2n) is 5.42. The van der Waals surface area contributed by atoms with E-state index in [1.54, 1.807) is 11.3 Å². The lowest BCUT2D eigenvalue weighted by Gasteiger charge is -2.21. The van der Waals surface area contributed by atoms with Crippen LogP contribution in [0.3, 0.4) is 0 Å². The Balaban J connectivity index is 2.16. The van der Waals surface area contributed by atoms with Crippen LogP contribution < -0.4 is 5.32 Å². The zero-order valence-corrected chi connectivity index (χ0v) is 10.3. The van der Waals surface area contributed by atoms with Gasteiger partial charge in [0.2, 0.25) is 0 Å². The van der Waals surface area contributed by atoms with Crippen molar-refractivity contribution in [1.29, 1.82) is 0 Å². The number of aryl methyl sites for hydroxylation is 2. The van der Waals surface area contributed by atoms with Crippen molar-refractivity contribution in [2.75, 3.05) is 11.9 Å². The molecule has 1 N–H and O–H groups in total. The molecule has 2 aromatic rings.